The minimum absolute atomic E-state index is 0.0528. The second-order valence-electron chi connectivity index (χ2n) is 5.23. The molecule has 0 aliphatic rings. The maximum atomic E-state index is 11.6. The number of ether oxygens (including phenoxy) is 1. The van der Waals surface area contributed by atoms with E-state index in [1.165, 1.54) is 0 Å². The van der Waals surface area contributed by atoms with Crippen molar-refractivity contribution in [3.63, 3.8) is 0 Å². The van der Waals surface area contributed by atoms with Crippen LogP contribution in [0.2, 0.25) is 0 Å². The van der Waals surface area contributed by atoms with Crippen LogP contribution in [0.15, 0.2) is 0 Å². The molecule has 0 aromatic heterocycles. The Kier molecular flexibility index (Phi) is 9.92. The van der Waals surface area contributed by atoms with Crippen LogP contribution in [0.5, 0.6) is 0 Å². The summed E-state index contributed by atoms with van der Waals surface area (Å²) in [6, 6.07) is -0.166. The largest absolute Gasteiger partial charge is 0.379 e. The van der Waals surface area contributed by atoms with Crippen molar-refractivity contribution in [3.05, 3.63) is 0 Å². The van der Waals surface area contributed by atoms with Crippen LogP contribution in [0.4, 0.5) is 0 Å². The molecule has 5 nitrogen and oxygen atoms in total. The van der Waals surface area contributed by atoms with E-state index >= 15 is 0 Å². The van der Waals surface area contributed by atoms with E-state index in [1.807, 2.05) is 21.0 Å². The van der Waals surface area contributed by atoms with Crippen molar-refractivity contribution in [2.45, 2.75) is 26.8 Å². The second kappa shape index (κ2) is 10.3. The second-order valence-corrected chi connectivity index (χ2v) is 5.23. The van der Waals surface area contributed by atoms with E-state index < -0.39 is 0 Å². The van der Waals surface area contributed by atoms with Crippen molar-refractivity contribution in [2.24, 2.45) is 5.92 Å². The Bertz CT molecular complexity index is 220. The summed E-state index contributed by atoms with van der Waals surface area (Å²) < 4.78 is 5.44. The van der Waals surface area contributed by atoms with Crippen molar-refractivity contribution in [1.82, 2.24) is 15.5 Å². The van der Waals surface area contributed by atoms with Gasteiger partial charge in [-0.1, -0.05) is 13.8 Å². The topological polar surface area (TPSA) is 53.6 Å². The lowest BCUT2D eigenvalue weighted by Gasteiger charge is -2.15. The van der Waals surface area contributed by atoms with Gasteiger partial charge in [0.25, 0.3) is 0 Å². The summed E-state index contributed by atoms with van der Waals surface area (Å²) in [7, 11) is 4.03. The highest BCUT2D eigenvalue weighted by Crippen LogP contribution is 1.89. The van der Waals surface area contributed by atoms with Gasteiger partial charge in [-0.25, -0.2) is 0 Å². The van der Waals surface area contributed by atoms with E-state index in [1.54, 1.807) is 0 Å². The summed E-state index contributed by atoms with van der Waals surface area (Å²) in [5.41, 5.74) is 0. The van der Waals surface area contributed by atoms with E-state index in [4.69, 9.17) is 4.74 Å². The van der Waals surface area contributed by atoms with Gasteiger partial charge in [-0.05, 0) is 26.9 Å². The van der Waals surface area contributed by atoms with E-state index in [0.29, 0.717) is 19.1 Å². The van der Waals surface area contributed by atoms with Crippen molar-refractivity contribution >= 4 is 5.91 Å². The minimum Gasteiger partial charge on any atom is -0.379 e. The van der Waals surface area contributed by atoms with Gasteiger partial charge >= 0.3 is 0 Å². The summed E-state index contributed by atoms with van der Waals surface area (Å²) in [6.07, 6.45) is 0. The van der Waals surface area contributed by atoms with E-state index in [-0.39, 0.29) is 11.9 Å². The van der Waals surface area contributed by atoms with Crippen LogP contribution in [0.25, 0.3) is 0 Å². The summed E-state index contributed by atoms with van der Waals surface area (Å²) in [6.45, 7) is 9.74. The molecule has 0 aromatic rings. The molecule has 1 amide bonds. The average Bonchev–Trinajstić information content (AvgIpc) is 2.29. The zero-order chi connectivity index (χ0) is 14.0. The Hall–Kier alpha value is -0.650. The van der Waals surface area contributed by atoms with Gasteiger partial charge in [-0.15, -0.1) is 0 Å². The number of rotatable bonds is 10. The molecule has 0 aromatic carbocycles. The first-order valence-electron chi connectivity index (χ1n) is 6.67. The van der Waals surface area contributed by atoms with Gasteiger partial charge in [-0.3, -0.25) is 4.79 Å². The number of carbonyl (C=O) groups is 1. The number of carbonyl (C=O) groups excluding carboxylic acids is 1. The van der Waals surface area contributed by atoms with Gasteiger partial charge in [0, 0.05) is 19.6 Å². The van der Waals surface area contributed by atoms with E-state index in [2.05, 4.69) is 29.4 Å². The van der Waals surface area contributed by atoms with Crippen molar-refractivity contribution in [1.29, 1.82) is 0 Å². The summed E-state index contributed by atoms with van der Waals surface area (Å²) in [4.78, 5) is 13.7. The molecule has 0 spiro atoms. The Morgan fingerprint density at radius 3 is 2.44 bits per heavy atom. The monoisotopic (exact) mass is 259 g/mol. The SMILES string of the molecule is CC(C)CNC(=O)C(C)NCCOCCN(C)C. The molecule has 2 N–H and O–H groups in total. The Labute approximate surface area is 111 Å². The molecule has 108 valence electrons. The predicted molar refractivity (Wildman–Crippen MR) is 74.7 cm³/mol. The lowest BCUT2D eigenvalue weighted by atomic mass is 10.2. The molecular weight excluding hydrogens is 230 g/mol. The Morgan fingerprint density at radius 1 is 1.22 bits per heavy atom. The summed E-state index contributed by atoms with van der Waals surface area (Å²) >= 11 is 0. The smallest absolute Gasteiger partial charge is 0.236 e. The highest BCUT2D eigenvalue weighted by atomic mass is 16.5. The first kappa shape index (κ1) is 17.4. The van der Waals surface area contributed by atoms with Gasteiger partial charge in [0.1, 0.15) is 0 Å². The number of hydrogen-bond acceptors (Lipinski definition) is 4. The van der Waals surface area contributed by atoms with Gasteiger partial charge in [0.15, 0.2) is 0 Å². The number of likely N-dealkylation sites (N-methyl/N-ethyl adjacent to an activating group) is 1. The lowest BCUT2D eigenvalue weighted by Crippen LogP contribution is -2.44. The number of hydrogen-bond donors (Lipinski definition) is 2. The van der Waals surface area contributed by atoms with Gasteiger partial charge in [-0.2, -0.15) is 0 Å². The third kappa shape index (κ3) is 10.5. The molecule has 0 rings (SSSR count). The Balaban J connectivity index is 3.46. The molecule has 0 aliphatic carbocycles. The van der Waals surface area contributed by atoms with Gasteiger partial charge in [0.2, 0.25) is 5.91 Å². The number of amides is 1. The molecule has 0 saturated heterocycles. The fraction of sp³-hybridized carbons (Fsp3) is 0.923. The zero-order valence-corrected chi connectivity index (χ0v) is 12.5. The van der Waals surface area contributed by atoms with Crippen LogP contribution in [-0.2, 0) is 9.53 Å². The maximum Gasteiger partial charge on any atom is 0.236 e. The highest BCUT2D eigenvalue weighted by molar-refractivity contribution is 5.81. The highest BCUT2D eigenvalue weighted by Gasteiger charge is 2.11. The van der Waals surface area contributed by atoms with Gasteiger partial charge in [0.05, 0.1) is 19.3 Å². The summed E-state index contributed by atoms with van der Waals surface area (Å²) in [5, 5.41) is 6.04. The predicted octanol–water partition coefficient (Wildman–Crippen LogP) is 0.315. The van der Waals surface area contributed by atoms with Crippen LogP contribution < -0.4 is 10.6 Å². The normalized spacial score (nSPS) is 13.1. The molecule has 0 fully saturated rings. The zero-order valence-electron chi connectivity index (χ0n) is 12.5. The lowest BCUT2D eigenvalue weighted by molar-refractivity contribution is -0.122. The fourth-order valence-corrected chi connectivity index (χ4v) is 1.25. The van der Waals surface area contributed by atoms with Crippen molar-refractivity contribution in [2.75, 3.05) is 46.9 Å². The average molecular weight is 259 g/mol. The molecular formula is C13H29N3O2. The molecule has 0 aliphatic heterocycles. The first-order valence-corrected chi connectivity index (χ1v) is 6.67. The van der Waals surface area contributed by atoms with Crippen molar-refractivity contribution < 1.29 is 9.53 Å². The molecule has 1 unspecified atom stereocenters. The van der Waals surface area contributed by atoms with Crippen molar-refractivity contribution in [3.8, 4) is 0 Å². The van der Waals surface area contributed by atoms with Crippen LogP contribution in [0.3, 0.4) is 0 Å². The Morgan fingerprint density at radius 2 is 1.89 bits per heavy atom. The molecule has 0 saturated carbocycles. The van der Waals surface area contributed by atoms with E-state index in [0.717, 1.165) is 19.7 Å². The quantitative estimate of drug-likeness (QED) is 0.555. The molecule has 0 radical (unpaired) electrons. The van der Waals surface area contributed by atoms with Crippen LogP contribution >= 0.6 is 0 Å². The summed E-state index contributed by atoms with van der Waals surface area (Å²) in [5.74, 6) is 0.535. The molecule has 5 heteroatoms. The number of nitrogens with one attached hydrogen (secondary N) is 2. The third-order valence-electron chi connectivity index (χ3n) is 2.46. The molecule has 0 bridgehead atoms. The van der Waals surface area contributed by atoms with Gasteiger partial charge < -0.3 is 20.3 Å². The first-order chi connectivity index (χ1) is 8.43. The minimum atomic E-state index is -0.166. The van der Waals surface area contributed by atoms with Crippen LogP contribution in [0, 0.1) is 5.92 Å². The molecule has 18 heavy (non-hydrogen) atoms. The van der Waals surface area contributed by atoms with Crippen LogP contribution in [-0.4, -0.2) is 63.8 Å². The van der Waals surface area contributed by atoms with E-state index in [9.17, 15) is 4.79 Å². The maximum absolute atomic E-state index is 11.6. The molecule has 1 atom stereocenters. The molecule has 0 heterocycles. The fourth-order valence-electron chi connectivity index (χ4n) is 1.25. The third-order valence-corrected chi connectivity index (χ3v) is 2.46. The number of nitrogens with zero attached hydrogens (tertiary/aromatic N) is 1. The standard InChI is InChI=1S/C13H29N3O2/c1-11(2)10-15-13(17)12(3)14-6-8-18-9-7-16(4)5/h11-12,14H,6-10H2,1-5H3,(H,15,17). The van der Waals surface area contributed by atoms with Crippen LogP contribution in [0.1, 0.15) is 20.8 Å².